The van der Waals surface area contributed by atoms with Crippen LogP contribution in [0.1, 0.15) is 23.7 Å². The van der Waals surface area contributed by atoms with E-state index in [0.717, 1.165) is 31.5 Å². The van der Waals surface area contributed by atoms with E-state index in [4.69, 9.17) is 11.6 Å². The lowest BCUT2D eigenvalue weighted by Gasteiger charge is -2.12. The van der Waals surface area contributed by atoms with Crippen LogP contribution in [0.4, 0.5) is 0 Å². The fourth-order valence-electron chi connectivity index (χ4n) is 2.33. The second kappa shape index (κ2) is 5.75. The van der Waals surface area contributed by atoms with Crippen LogP contribution in [-0.4, -0.2) is 9.55 Å². The molecule has 0 N–H and O–H groups in total. The van der Waals surface area contributed by atoms with Crippen molar-refractivity contribution in [2.24, 2.45) is 0 Å². The second-order valence-electron chi connectivity index (χ2n) is 4.99. The number of nitrogens with zero attached hydrogens (tertiary/aromatic N) is 2. The molecule has 0 aliphatic carbocycles. The van der Waals surface area contributed by atoms with Crippen molar-refractivity contribution >= 4 is 54.5 Å². The molecular formula is C16H13Br2ClN2. The van der Waals surface area contributed by atoms with Gasteiger partial charge in [-0.2, -0.15) is 0 Å². The Hall–Kier alpha value is -0.840. The van der Waals surface area contributed by atoms with Crippen LogP contribution in [0.15, 0.2) is 45.3 Å². The Bertz CT molecular complexity index is 825. The number of fused-ring (bicyclic) bond motifs is 1. The van der Waals surface area contributed by atoms with Gasteiger partial charge in [-0.05, 0) is 49.7 Å². The Morgan fingerprint density at radius 2 is 1.90 bits per heavy atom. The van der Waals surface area contributed by atoms with E-state index in [1.807, 2.05) is 19.1 Å². The standard InChI is InChI=1S/C16H13Br2ClN2/c1-9-3-5-12(8-13(9)18)21-15-6-4-11(17)7-14(15)20-16(21)10(2)19/h3-8,10H,1-2H3. The van der Waals surface area contributed by atoms with Crippen LogP contribution in [0.25, 0.3) is 16.7 Å². The van der Waals surface area contributed by atoms with Gasteiger partial charge in [-0.3, -0.25) is 4.57 Å². The molecule has 0 aliphatic rings. The van der Waals surface area contributed by atoms with Gasteiger partial charge in [0.05, 0.1) is 16.4 Å². The minimum absolute atomic E-state index is 0.170. The Kier molecular flexibility index (Phi) is 4.12. The van der Waals surface area contributed by atoms with Gasteiger partial charge in [-0.1, -0.05) is 37.9 Å². The van der Waals surface area contributed by atoms with Gasteiger partial charge in [0.25, 0.3) is 0 Å². The first kappa shape index (κ1) is 15.1. The largest absolute Gasteiger partial charge is 0.295 e. The number of rotatable bonds is 2. The molecule has 2 aromatic carbocycles. The van der Waals surface area contributed by atoms with E-state index < -0.39 is 0 Å². The van der Waals surface area contributed by atoms with Gasteiger partial charge in [0.2, 0.25) is 0 Å². The molecule has 2 nitrogen and oxygen atoms in total. The van der Waals surface area contributed by atoms with E-state index in [1.54, 1.807) is 0 Å². The molecule has 21 heavy (non-hydrogen) atoms. The molecule has 1 heterocycles. The second-order valence-corrected chi connectivity index (χ2v) is 7.41. The summed E-state index contributed by atoms with van der Waals surface area (Å²) in [6.07, 6.45) is 0. The molecule has 0 aliphatic heterocycles. The van der Waals surface area contributed by atoms with Gasteiger partial charge in [0, 0.05) is 14.6 Å². The van der Waals surface area contributed by atoms with Crippen molar-refractivity contribution in [3.05, 3.63) is 56.7 Å². The van der Waals surface area contributed by atoms with Gasteiger partial charge in [0.1, 0.15) is 5.82 Å². The minimum atomic E-state index is -0.170. The third kappa shape index (κ3) is 2.77. The van der Waals surface area contributed by atoms with Crippen molar-refractivity contribution in [3.63, 3.8) is 0 Å². The zero-order chi connectivity index (χ0) is 15.1. The summed E-state index contributed by atoms with van der Waals surface area (Å²) in [7, 11) is 0. The molecular weight excluding hydrogens is 415 g/mol. The highest BCUT2D eigenvalue weighted by molar-refractivity contribution is 9.10. The fraction of sp³-hybridized carbons (Fsp3) is 0.188. The van der Waals surface area contributed by atoms with E-state index in [2.05, 4.69) is 72.6 Å². The van der Waals surface area contributed by atoms with Gasteiger partial charge >= 0.3 is 0 Å². The molecule has 0 saturated carbocycles. The van der Waals surface area contributed by atoms with Crippen LogP contribution in [0.2, 0.25) is 0 Å². The smallest absolute Gasteiger partial charge is 0.132 e. The predicted molar refractivity (Wildman–Crippen MR) is 95.5 cm³/mol. The predicted octanol–water partition coefficient (Wildman–Crippen LogP) is 6.16. The van der Waals surface area contributed by atoms with Gasteiger partial charge in [0.15, 0.2) is 0 Å². The Labute approximate surface area is 145 Å². The van der Waals surface area contributed by atoms with Crippen LogP contribution in [0.3, 0.4) is 0 Å². The van der Waals surface area contributed by atoms with Crippen molar-refractivity contribution < 1.29 is 0 Å². The highest BCUT2D eigenvalue weighted by atomic mass is 79.9. The SMILES string of the molecule is Cc1ccc(-n2c(C(C)Cl)nc3cc(Br)ccc32)cc1Br. The summed E-state index contributed by atoms with van der Waals surface area (Å²) in [5.41, 5.74) is 4.24. The number of benzene rings is 2. The maximum atomic E-state index is 6.33. The van der Waals surface area contributed by atoms with Crippen molar-refractivity contribution in [2.75, 3.05) is 0 Å². The maximum absolute atomic E-state index is 6.33. The van der Waals surface area contributed by atoms with E-state index >= 15 is 0 Å². The number of halogens is 3. The van der Waals surface area contributed by atoms with Crippen molar-refractivity contribution in [1.82, 2.24) is 9.55 Å². The van der Waals surface area contributed by atoms with Gasteiger partial charge in [-0.25, -0.2) is 4.98 Å². The highest BCUT2D eigenvalue weighted by Gasteiger charge is 2.16. The molecule has 1 unspecified atom stereocenters. The number of aromatic nitrogens is 2. The highest BCUT2D eigenvalue weighted by Crippen LogP contribution is 2.31. The third-order valence-electron chi connectivity index (χ3n) is 3.41. The quantitative estimate of drug-likeness (QED) is 0.447. The topological polar surface area (TPSA) is 17.8 Å². The van der Waals surface area contributed by atoms with E-state index in [0.29, 0.717) is 0 Å². The van der Waals surface area contributed by atoms with Crippen molar-refractivity contribution in [1.29, 1.82) is 0 Å². The maximum Gasteiger partial charge on any atom is 0.132 e. The first-order chi connectivity index (χ1) is 9.97. The number of hydrogen-bond acceptors (Lipinski definition) is 1. The van der Waals surface area contributed by atoms with E-state index in [-0.39, 0.29) is 5.38 Å². The molecule has 3 aromatic rings. The van der Waals surface area contributed by atoms with Crippen molar-refractivity contribution in [3.8, 4) is 5.69 Å². The average Bonchev–Trinajstić information content (AvgIpc) is 2.80. The first-order valence-corrected chi connectivity index (χ1v) is 8.58. The molecule has 0 spiro atoms. The summed E-state index contributed by atoms with van der Waals surface area (Å²) >= 11 is 13.4. The number of imidazole rings is 1. The van der Waals surface area contributed by atoms with Crippen LogP contribution in [0.5, 0.6) is 0 Å². The summed E-state index contributed by atoms with van der Waals surface area (Å²) in [6.45, 7) is 4.01. The van der Waals surface area contributed by atoms with Crippen LogP contribution in [-0.2, 0) is 0 Å². The zero-order valence-electron chi connectivity index (χ0n) is 11.6. The Morgan fingerprint density at radius 1 is 1.14 bits per heavy atom. The first-order valence-electron chi connectivity index (χ1n) is 6.56. The lowest BCUT2D eigenvalue weighted by molar-refractivity contribution is 0.882. The summed E-state index contributed by atoms with van der Waals surface area (Å²) < 4.78 is 4.20. The molecule has 0 radical (unpaired) electrons. The van der Waals surface area contributed by atoms with Gasteiger partial charge < -0.3 is 0 Å². The average molecular weight is 429 g/mol. The summed E-state index contributed by atoms with van der Waals surface area (Å²) in [5.74, 6) is 0.848. The lowest BCUT2D eigenvalue weighted by Crippen LogP contribution is -2.02. The summed E-state index contributed by atoms with van der Waals surface area (Å²) in [6, 6.07) is 12.4. The number of aryl methyl sites for hydroxylation is 1. The molecule has 108 valence electrons. The van der Waals surface area contributed by atoms with E-state index in [9.17, 15) is 0 Å². The zero-order valence-corrected chi connectivity index (χ0v) is 15.5. The Morgan fingerprint density at radius 3 is 2.57 bits per heavy atom. The van der Waals surface area contributed by atoms with Crippen LogP contribution in [0, 0.1) is 6.92 Å². The number of alkyl halides is 1. The molecule has 0 saturated heterocycles. The fourth-order valence-corrected chi connectivity index (χ4v) is 3.19. The van der Waals surface area contributed by atoms with Crippen LogP contribution >= 0.6 is 43.5 Å². The van der Waals surface area contributed by atoms with Crippen molar-refractivity contribution in [2.45, 2.75) is 19.2 Å². The van der Waals surface area contributed by atoms with Gasteiger partial charge in [-0.15, -0.1) is 11.6 Å². The van der Waals surface area contributed by atoms with Crippen LogP contribution < -0.4 is 0 Å². The summed E-state index contributed by atoms with van der Waals surface area (Å²) in [4.78, 5) is 4.69. The molecule has 3 rings (SSSR count). The molecule has 1 aromatic heterocycles. The lowest BCUT2D eigenvalue weighted by atomic mass is 10.2. The molecule has 0 amide bonds. The minimum Gasteiger partial charge on any atom is -0.295 e. The molecule has 0 fully saturated rings. The summed E-state index contributed by atoms with van der Waals surface area (Å²) in [5, 5.41) is -0.170. The number of hydrogen-bond donors (Lipinski definition) is 0. The van der Waals surface area contributed by atoms with E-state index in [1.165, 1.54) is 5.56 Å². The molecule has 5 heteroatoms. The monoisotopic (exact) mass is 426 g/mol. The Balaban J connectivity index is 2.33. The normalized spacial score (nSPS) is 12.8. The third-order valence-corrected chi connectivity index (χ3v) is 4.95. The molecule has 1 atom stereocenters. The molecule has 0 bridgehead atoms.